The minimum Gasteiger partial charge on any atom is -0.502 e. The molecule has 0 bridgehead atoms. The van der Waals surface area contributed by atoms with E-state index in [9.17, 15) is 23.6 Å². The molecule has 1 N–H and O–H groups in total. The lowest BCUT2D eigenvalue weighted by molar-refractivity contribution is -0.386. The summed E-state index contributed by atoms with van der Waals surface area (Å²) < 4.78 is 25.3. The fourth-order valence-electron chi connectivity index (χ4n) is 1.51. The molecule has 9 heteroatoms. The average Bonchev–Trinajstić information content (AvgIpc) is 2.38. The van der Waals surface area contributed by atoms with Crippen molar-refractivity contribution >= 4 is 15.7 Å². The van der Waals surface area contributed by atoms with E-state index in [2.05, 4.69) is 0 Å². The van der Waals surface area contributed by atoms with Crippen LogP contribution in [0.5, 0.6) is 5.75 Å². The van der Waals surface area contributed by atoms with E-state index in [0.29, 0.717) is 0 Å². The van der Waals surface area contributed by atoms with Gasteiger partial charge in [0.25, 0.3) is 0 Å². The van der Waals surface area contributed by atoms with Crippen molar-refractivity contribution in [1.82, 2.24) is 4.31 Å². The van der Waals surface area contributed by atoms with Crippen LogP contribution in [0.25, 0.3) is 0 Å². The molecule has 0 aromatic heterocycles. The molecule has 20 heavy (non-hydrogen) atoms. The van der Waals surface area contributed by atoms with Gasteiger partial charge in [-0.15, -0.1) is 0 Å². The number of nitriles is 1. The molecular formula is C11H13N3O5S. The SMILES string of the molecule is CC(C#N)CN(C)S(=O)(=O)c1ccc(O)c([N+](=O)[O-])c1. The molecule has 1 rings (SSSR count). The van der Waals surface area contributed by atoms with Gasteiger partial charge in [0, 0.05) is 19.7 Å². The fourth-order valence-corrected chi connectivity index (χ4v) is 2.79. The van der Waals surface area contributed by atoms with Crippen LogP contribution < -0.4 is 0 Å². The van der Waals surface area contributed by atoms with Crippen molar-refractivity contribution in [3.05, 3.63) is 28.3 Å². The lowest BCUT2D eigenvalue weighted by Crippen LogP contribution is -2.30. The molecule has 0 aliphatic rings. The van der Waals surface area contributed by atoms with Crippen LogP contribution in [-0.4, -0.2) is 36.3 Å². The zero-order valence-corrected chi connectivity index (χ0v) is 11.7. The number of rotatable bonds is 5. The van der Waals surface area contributed by atoms with Crippen molar-refractivity contribution in [3.8, 4) is 11.8 Å². The molecule has 0 spiro atoms. The van der Waals surface area contributed by atoms with Gasteiger partial charge in [0.2, 0.25) is 10.0 Å². The van der Waals surface area contributed by atoms with Gasteiger partial charge in [0.05, 0.1) is 21.8 Å². The average molecular weight is 299 g/mol. The van der Waals surface area contributed by atoms with Crippen molar-refractivity contribution in [2.45, 2.75) is 11.8 Å². The zero-order chi connectivity index (χ0) is 15.5. The molecular weight excluding hydrogens is 286 g/mol. The number of nitrogens with zero attached hydrogens (tertiary/aromatic N) is 3. The summed E-state index contributed by atoms with van der Waals surface area (Å²) in [5.41, 5.74) is -0.687. The smallest absolute Gasteiger partial charge is 0.312 e. The Kier molecular flexibility index (Phi) is 4.65. The van der Waals surface area contributed by atoms with E-state index in [0.717, 1.165) is 22.5 Å². The second-order valence-corrected chi connectivity index (χ2v) is 6.27. The molecule has 0 saturated heterocycles. The quantitative estimate of drug-likeness (QED) is 0.640. The van der Waals surface area contributed by atoms with Gasteiger partial charge in [-0.3, -0.25) is 10.1 Å². The molecule has 0 aliphatic carbocycles. The Morgan fingerprint density at radius 3 is 2.65 bits per heavy atom. The summed E-state index contributed by atoms with van der Waals surface area (Å²) in [5, 5.41) is 28.7. The van der Waals surface area contributed by atoms with Crippen LogP contribution in [-0.2, 0) is 10.0 Å². The van der Waals surface area contributed by atoms with Gasteiger partial charge < -0.3 is 5.11 Å². The molecule has 1 aromatic carbocycles. The first-order chi connectivity index (χ1) is 9.20. The Hall–Kier alpha value is -2.18. The highest BCUT2D eigenvalue weighted by atomic mass is 32.2. The Bertz CT molecular complexity index is 665. The summed E-state index contributed by atoms with van der Waals surface area (Å²) in [7, 11) is -2.67. The van der Waals surface area contributed by atoms with E-state index in [-0.39, 0.29) is 11.4 Å². The van der Waals surface area contributed by atoms with Gasteiger partial charge in [-0.05, 0) is 19.1 Å². The minimum atomic E-state index is -3.95. The van der Waals surface area contributed by atoms with E-state index in [1.165, 1.54) is 7.05 Å². The number of aromatic hydroxyl groups is 1. The van der Waals surface area contributed by atoms with Crippen LogP contribution in [0.4, 0.5) is 5.69 Å². The number of hydrogen-bond acceptors (Lipinski definition) is 6. The second kappa shape index (κ2) is 5.85. The molecule has 0 aliphatic heterocycles. The van der Waals surface area contributed by atoms with Crippen molar-refractivity contribution in [1.29, 1.82) is 5.26 Å². The first-order valence-electron chi connectivity index (χ1n) is 5.53. The molecule has 0 fully saturated rings. The molecule has 8 nitrogen and oxygen atoms in total. The van der Waals surface area contributed by atoms with E-state index in [1.54, 1.807) is 6.92 Å². The summed E-state index contributed by atoms with van der Waals surface area (Å²) in [6.07, 6.45) is 0. The highest BCUT2D eigenvalue weighted by Crippen LogP contribution is 2.29. The first-order valence-corrected chi connectivity index (χ1v) is 6.97. The fraction of sp³-hybridized carbons (Fsp3) is 0.364. The van der Waals surface area contributed by atoms with Crippen LogP contribution >= 0.6 is 0 Å². The van der Waals surface area contributed by atoms with Crippen molar-refractivity contribution in [2.24, 2.45) is 5.92 Å². The predicted octanol–water partition coefficient (Wildman–Crippen LogP) is 1.08. The molecule has 108 valence electrons. The Morgan fingerprint density at radius 1 is 1.55 bits per heavy atom. The van der Waals surface area contributed by atoms with Crippen LogP contribution in [0.15, 0.2) is 23.1 Å². The van der Waals surface area contributed by atoms with Gasteiger partial charge >= 0.3 is 5.69 Å². The van der Waals surface area contributed by atoms with Crippen molar-refractivity contribution in [2.75, 3.05) is 13.6 Å². The van der Waals surface area contributed by atoms with Crippen LogP contribution in [0.1, 0.15) is 6.92 Å². The first kappa shape index (κ1) is 15.9. The molecule has 1 aromatic rings. The van der Waals surface area contributed by atoms with Crippen molar-refractivity contribution in [3.63, 3.8) is 0 Å². The topological polar surface area (TPSA) is 125 Å². The number of hydrogen-bond donors (Lipinski definition) is 1. The summed E-state index contributed by atoms with van der Waals surface area (Å²) >= 11 is 0. The maximum atomic E-state index is 12.2. The van der Waals surface area contributed by atoms with Gasteiger partial charge in [0.1, 0.15) is 0 Å². The van der Waals surface area contributed by atoms with Gasteiger partial charge in [-0.25, -0.2) is 8.42 Å². The third-order valence-electron chi connectivity index (χ3n) is 2.60. The molecule has 0 heterocycles. The third kappa shape index (κ3) is 3.23. The summed E-state index contributed by atoms with van der Waals surface area (Å²) in [5.74, 6) is -1.12. The molecule has 0 amide bonds. The standard InChI is InChI=1S/C11H13N3O5S/c1-8(6-12)7-13(2)20(18,19)9-3-4-11(15)10(5-9)14(16)17/h3-5,8,15H,7H2,1-2H3. The van der Waals surface area contributed by atoms with Crippen LogP contribution in [0.2, 0.25) is 0 Å². The number of phenols is 1. The second-order valence-electron chi connectivity index (χ2n) is 4.22. The zero-order valence-electron chi connectivity index (χ0n) is 10.8. The number of benzene rings is 1. The highest BCUT2D eigenvalue weighted by molar-refractivity contribution is 7.89. The lowest BCUT2D eigenvalue weighted by atomic mass is 10.2. The minimum absolute atomic E-state index is 0.0342. The Morgan fingerprint density at radius 2 is 2.15 bits per heavy atom. The maximum Gasteiger partial charge on any atom is 0.312 e. The Labute approximate surface area is 116 Å². The molecule has 0 radical (unpaired) electrons. The van der Waals surface area contributed by atoms with E-state index in [4.69, 9.17) is 5.26 Å². The van der Waals surface area contributed by atoms with Crippen LogP contribution in [0, 0.1) is 27.4 Å². The predicted molar refractivity (Wildman–Crippen MR) is 69.4 cm³/mol. The van der Waals surface area contributed by atoms with E-state index >= 15 is 0 Å². The lowest BCUT2D eigenvalue weighted by Gasteiger charge is -2.18. The third-order valence-corrected chi connectivity index (χ3v) is 4.42. The summed E-state index contributed by atoms with van der Waals surface area (Å²) in [4.78, 5) is 9.51. The highest BCUT2D eigenvalue weighted by Gasteiger charge is 2.25. The number of nitro groups is 1. The monoisotopic (exact) mass is 299 g/mol. The largest absolute Gasteiger partial charge is 0.502 e. The van der Waals surface area contributed by atoms with Crippen molar-refractivity contribution < 1.29 is 18.4 Å². The summed E-state index contributed by atoms with van der Waals surface area (Å²) in [6.45, 7) is 1.53. The summed E-state index contributed by atoms with van der Waals surface area (Å²) in [6, 6.07) is 4.72. The van der Waals surface area contributed by atoms with Gasteiger partial charge in [-0.2, -0.15) is 9.57 Å². The Balaban J connectivity index is 3.20. The molecule has 0 saturated carbocycles. The maximum absolute atomic E-state index is 12.2. The number of nitro benzene ring substituents is 1. The van der Waals surface area contributed by atoms with E-state index in [1.807, 2.05) is 6.07 Å². The molecule has 1 unspecified atom stereocenters. The van der Waals surface area contributed by atoms with E-state index < -0.39 is 32.3 Å². The number of sulfonamides is 1. The normalized spacial score (nSPS) is 12.9. The number of phenolic OH excluding ortho intramolecular Hbond substituents is 1. The van der Waals surface area contributed by atoms with Gasteiger partial charge in [0.15, 0.2) is 5.75 Å². The van der Waals surface area contributed by atoms with Crippen LogP contribution in [0.3, 0.4) is 0 Å². The molecule has 1 atom stereocenters. The van der Waals surface area contributed by atoms with Gasteiger partial charge in [-0.1, -0.05) is 0 Å².